The first-order valence-corrected chi connectivity index (χ1v) is 7.77. The first-order chi connectivity index (χ1) is 12.1. The van der Waals surface area contributed by atoms with Gasteiger partial charge in [-0.15, -0.1) is 11.4 Å². The molecule has 26 heavy (non-hydrogen) atoms. The Morgan fingerprint density at radius 2 is 1.27 bits per heavy atom. The van der Waals surface area contributed by atoms with Gasteiger partial charge in [0.25, 0.3) is 0 Å². The first-order valence-electron chi connectivity index (χ1n) is 6.77. The zero-order valence-corrected chi connectivity index (χ0v) is 14.2. The molecule has 0 saturated heterocycles. The van der Waals surface area contributed by atoms with Gasteiger partial charge in [-0.05, 0) is 13.0 Å². The van der Waals surface area contributed by atoms with Crippen molar-refractivity contribution >= 4 is 40.8 Å². The first kappa shape index (κ1) is 20.8. The molecule has 11 nitrogen and oxygen atoms in total. The molecule has 2 aromatic rings. The van der Waals surface area contributed by atoms with Crippen LogP contribution in [0.25, 0.3) is 0 Å². The van der Waals surface area contributed by atoms with E-state index >= 15 is 0 Å². The summed E-state index contributed by atoms with van der Waals surface area (Å²) in [5, 5.41) is 0. The molecule has 0 saturated carbocycles. The van der Waals surface area contributed by atoms with Crippen molar-refractivity contribution in [1.82, 2.24) is 15.0 Å². The summed E-state index contributed by atoms with van der Waals surface area (Å²) in [6.07, 6.45) is 1.39. The molecule has 1 aliphatic rings. The van der Waals surface area contributed by atoms with E-state index in [2.05, 4.69) is 15.0 Å². The third kappa shape index (κ3) is 6.35. The van der Waals surface area contributed by atoms with Gasteiger partial charge in [-0.25, -0.2) is 0 Å². The monoisotopic (exact) mass is 378 g/mol. The van der Waals surface area contributed by atoms with E-state index in [1.165, 1.54) is 6.08 Å². The Balaban J connectivity index is 0.000000227. The van der Waals surface area contributed by atoms with Crippen molar-refractivity contribution in [2.45, 2.75) is 6.92 Å². The number of carbonyl (C=O) groups excluding carboxylic acids is 2. The molecule has 12 heteroatoms. The van der Waals surface area contributed by atoms with E-state index in [0.717, 1.165) is 0 Å². The highest BCUT2D eigenvalue weighted by molar-refractivity contribution is 7.72. The number of benzene rings is 1. The predicted molar refractivity (Wildman–Crippen MR) is 91.6 cm³/mol. The van der Waals surface area contributed by atoms with Gasteiger partial charge in [-0.2, -0.15) is 15.0 Å². The summed E-state index contributed by atoms with van der Waals surface area (Å²) >= 11 is -3.11. The molecule has 1 aromatic carbocycles. The maximum atomic E-state index is 11.5. The largest absolute Gasteiger partial charge is 0.784 e. The second-order valence-corrected chi connectivity index (χ2v) is 5.09. The van der Waals surface area contributed by atoms with Gasteiger partial charge in [-0.1, -0.05) is 24.3 Å². The van der Waals surface area contributed by atoms with E-state index in [4.69, 9.17) is 30.5 Å². The smallest absolute Gasteiger partial charge is 0.226 e. The highest BCUT2D eigenvalue weighted by Gasteiger charge is 2.21. The number of hydrogen-bond acceptors (Lipinski definition) is 11. The number of nitrogens with zero attached hydrogens (tertiary/aromatic N) is 3. The van der Waals surface area contributed by atoms with Crippen molar-refractivity contribution in [2.75, 3.05) is 17.2 Å². The minimum absolute atomic E-state index is 0.0417. The van der Waals surface area contributed by atoms with Crippen LogP contribution in [0.3, 0.4) is 0 Å². The van der Waals surface area contributed by atoms with E-state index in [1.54, 1.807) is 31.2 Å². The second-order valence-electron chi connectivity index (χ2n) is 4.68. The van der Waals surface area contributed by atoms with Crippen LogP contribution in [-0.2, 0) is 11.4 Å². The number of allylic oxidation sites excluding steroid dienone is 2. The van der Waals surface area contributed by atoms with Gasteiger partial charge in [0.1, 0.15) is 0 Å². The summed E-state index contributed by atoms with van der Waals surface area (Å²) in [7, 11) is 0. The Morgan fingerprint density at radius 1 is 0.885 bits per heavy atom. The number of carbonyl (C=O) groups is 2. The lowest BCUT2D eigenvalue weighted by Crippen LogP contribution is -2.14. The lowest BCUT2D eigenvalue weighted by atomic mass is 9.90. The zero-order valence-electron chi connectivity index (χ0n) is 13.4. The fourth-order valence-corrected chi connectivity index (χ4v) is 1.88. The molecule has 138 valence electrons. The number of nitrogen functional groups attached to an aromatic ring is 3. The number of fused-ring (bicyclic) bond motifs is 1. The fraction of sp³-hybridized carbons (Fsp3) is 0.0714. The maximum Gasteiger partial charge on any atom is 0.226 e. The Labute approximate surface area is 150 Å². The summed E-state index contributed by atoms with van der Waals surface area (Å²) in [5.74, 6) is 0.00269. The van der Waals surface area contributed by atoms with Crippen LogP contribution in [0.1, 0.15) is 27.6 Å². The number of hydrogen-bond donors (Lipinski definition) is 3. The van der Waals surface area contributed by atoms with Crippen molar-refractivity contribution in [2.24, 2.45) is 0 Å². The van der Waals surface area contributed by atoms with Crippen molar-refractivity contribution in [3.05, 3.63) is 47.0 Å². The standard InChI is InChI=1S/C11H8O2.C3H6N6.H2O3S/c1-7-6-10(12)8-4-2-3-5-9(8)11(7)13;4-1-7-2(5)9-3(6)8-1;1-4(2)3/h2-6H,1H3;(H6,4,5,6,7,8,9);(H2,1,2,3)/p-2. The molecule has 0 spiro atoms. The summed E-state index contributed by atoms with van der Waals surface area (Å²) < 4.78 is 25.3. The molecule has 6 N–H and O–H groups in total. The number of ketones is 2. The highest BCUT2D eigenvalue weighted by Crippen LogP contribution is 2.20. The Kier molecular flexibility index (Phi) is 7.46. The lowest BCUT2D eigenvalue weighted by molar-refractivity contribution is 0.0984. The zero-order chi connectivity index (χ0) is 19.9. The van der Waals surface area contributed by atoms with Crippen LogP contribution in [0.5, 0.6) is 0 Å². The molecule has 1 aliphatic carbocycles. The molecule has 0 bridgehead atoms. The van der Waals surface area contributed by atoms with E-state index in [0.29, 0.717) is 16.7 Å². The van der Waals surface area contributed by atoms with Gasteiger partial charge in [0.05, 0.1) is 0 Å². The van der Waals surface area contributed by atoms with Gasteiger partial charge in [0, 0.05) is 16.7 Å². The number of anilines is 3. The Bertz CT molecular complexity index is 831. The van der Waals surface area contributed by atoms with Gasteiger partial charge in [0.15, 0.2) is 11.6 Å². The SMILES string of the molecule is CC1=CC(=O)c2ccccc2C1=O.Nc1nc(N)nc(N)n1.O=S([O-])[O-]. The van der Waals surface area contributed by atoms with Crippen molar-refractivity contribution in [3.63, 3.8) is 0 Å². The molecule has 1 aromatic heterocycles. The molecule has 0 radical (unpaired) electrons. The van der Waals surface area contributed by atoms with Crippen molar-refractivity contribution < 1.29 is 22.9 Å². The number of rotatable bonds is 0. The van der Waals surface area contributed by atoms with Crippen LogP contribution in [0.4, 0.5) is 17.8 Å². The van der Waals surface area contributed by atoms with E-state index in [9.17, 15) is 9.59 Å². The van der Waals surface area contributed by atoms with Crippen LogP contribution in [0.2, 0.25) is 0 Å². The van der Waals surface area contributed by atoms with Crippen LogP contribution >= 0.6 is 0 Å². The summed E-state index contributed by atoms with van der Waals surface area (Å²) in [6, 6.07) is 6.89. The molecule has 3 rings (SSSR count). The third-order valence-electron chi connectivity index (χ3n) is 2.83. The highest BCUT2D eigenvalue weighted by atomic mass is 32.2. The molecule has 0 amide bonds. The maximum absolute atomic E-state index is 11.5. The van der Waals surface area contributed by atoms with Crippen LogP contribution in [-0.4, -0.2) is 39.8 Å². The number of Topliss-reactive ketones (excluding diaryl/α,β-unsaturated/α-hetero) is 1. The van der Waals surface area contributed by atoms with Gasteiger partial charge in [0.2, 0.25) is 17.8 Å². The van der Waals surface area contributed by atoms with E-state index in [1.807, 2.05) is 0 Å². The Morgan fingerprint density at radius 3 is 1.69 bits per heavy atom. The second kappa shape index (κ2) is 9.31. The molecular weight excluding hydrogens is 364 g/mol. The topological polar surface area (TPSA) is 214 Å². The van der Waals surface area contributed by atoms with E-state index in [-0.39, 0.29) is 29.4 Å². The number of nitrogens with two attached hydrogens (primary N) is 3. The lowest BCUT2D eigenvalue weighted by Gasteiger charge is -2.11. The van der Waals surface area contributed by atoms with Gasteiger partial charge >= 0.3 is 0 Å². The molecule has 1 heterocycles. The quantitative estimate of drug-likeness (QED) is 0.502. The molecule has 0 fully saturated rings. The van der Waals surface area contributed by atoms with Crippen molar-refractivity contribution in [3.8, 4) is 0 Å². The summed E-state index contributed by atoms with van der Waals surface area (Å²) in [6.45, 7) is 1.66. The molecule has 0 unspecified atom stereocenters. The van der Waals surface area contributed by atoms with Gasteiger partial charge < -0.3 is 26.3 Å². The third-order valence-corrected chi connectivity index (χ3v) is 2.83. The minimum atomic E-state index is -3.11. The van der Waals surface area contributed by atoms with Crippen molar-refractivity contribution in [1.29, 1.82) is 0 Å². The van der Waals surface area contributed by atoms with Gasteiger partial charge in [-0.3, -0.25) is 13.8 Å². The Hall–Kier alpha value is -3.22. The minimum Gasteiger partial charge on any atom is -0.784 e. The average molecular weight is 378 g/mol. The number of aromatic nitrogens is 3. The summed E-state index contributed by atoms with van der Waals surface area (Å²) in [4.78, 5) is 33.4. The normalized spacial score (nSPS) is 12.2. The molecule has 0 atom stereocenters. The average Bonchev–Trinajstić information content (AvgIpc) is 2.51. The predicted octanol–water partition coefficient (Wildman–Crippen LogP) is -0.374. The van der Waals surface area contributed by atoms with Crippen LogP contribution in [0, 0.1) is 0 Å². The summed E-state index contributed by atoms with van der Waals surface area (Å²) in [5.41, 5.74) is 17.0. The van der Waals surface area contributed by atoms with E-state index < -0.39 is 11.4 Å². The molecular formula is C14H14N6O5S-2. The van der Waals surface area contributed by atoms with Crippen LogP contribution < -0.4 is 17.2 Å². The fourth-order valence-electron chi connectivity index (χ4n) is 1.88. The van der Waals surface area contributed by atoms with Crippen LogP contribution in [0.15, 0.2) is 35.9 Å². The molecule has 0 aliphatic heterocycles.